The topological polar surface area (TPSA) is 93.6 Å². The average Bonchev–Trinajstić information content (AvgIpc) is 2.38. The van der Waals surface area contributed by atoms with E-state index in [-0.39, 0.29) is 0 Å². The number of ether oxygens (including phenoxy) is 1. The van der Waals surface area contributed by atoms with E-state index in [4.69, 9.17) is 16.2 Å². The fourth-order valence-corrected chi connectivity index (χ4v) is 1.67. The molecule has 0 saturated heterocycles. The third kappa shape index (κ3) is 4.76. The van der Waals surface area contributed by atoms with Gasteiger partial charge in [-0.25, -0.2) is 0 Å². The third-order valence-electron chi connectivity index (χ3n) is 2.86. The van der Waals surface area contributed by atoms with Gasteiger partial charge in [-0.15, -0.1) is 0 Å². The molecule has 1 rings (SSSR count). The molecule has 0 heterocycles. The van der Waals surface area contributed by atoms with Crippen molar-refractivity contribution < 1.29 is 9.53 Å². The largest absolute Gasteiger partial charge is 0.396 e. The van der Waals surface area contributed by atoms with Crippen molar-refractivity contribution in [1.29, 1.82) is 0 Å². The molecular formula is C13H22N4O2. The monoisotopic (exact) mass is 266 g/mol. The zero-order valence-electron chi connectivity index (χ0n) is 11.5. The standard InChI is InChI=1S/C13H22N4O2/c1-17(8-9-19-2)7-6-16-11-5-3-4-10(12(11)14)13(15)18/h3-5,16H,6-9,14H2,1-2H3,(H2,15,18). The number of primary amides is 1. The molecule has 5 N–H and O–H groups in total. The van der Waals surface area contributed by atoms with Gasteiger partial charge in [-0.1, -0.05) is 6.07 Å². The smallest absolute Gasteiger partial charge is 0.250 e. The summed E-state index contributed by atoms with van der Waals surface area (Å²) in [5.74, 6) is -0.515. The number of benzene rings is 1. The second-order valence-electron chi connectivity index (χ2n) is 4.35. The van der Waals surface area contributed by atoms with Gasteiger partial charge in [0.05, 0.1) is 23.5 Å². The van der Waals surface area contributed by atoms with Crippen LogP contribution >= 0.6 is 0 Å². The second-order valence-corrected chi connectivity index (χ2v) is 4.35. The number of nitrogens with one attached hydrogen (secondary N) is 1. The zero-order valence-corrected chi connectivity index (χ0v) is 11.5. The maximum atomic E-state index is 11.2. The number of likely N-dealkylation sites (N-methyl/N-ethyl adjacent to an activating group) is 1. The first kappa shape index (κ1) is 15.3. The Bertz CT molecular complexity index is 423. The van der Waals surface area contributed by atoms with Crippen molar-refractivity contribution in [2.24, 2.45) is 5.73 Å². The van der Waals surface area contributed by atoms with Crippen LogP contribution in [0.5, 0.6) is 0 Å². The maximum Gasteiger partial charge on any atom is 0.250 e. The summed E-state index contributed by atoms with van der Waals surface area (Å²) in [5.41, 5.74) is 12.6. The molecule has 0 saturated carbocycles. The Kier molecular flexibility index (Phi) is 6.11. The highest BCUT2D eigenvalue weighted by Gasteiger charge is 2.08. The summed E-state index contributed by atoms with van der Waals surface area (Å²) in [7, 11) is 3.70. The van der Waals surface area contributed by atoms with Crippen molar-refractivity contribution in [3.8, 4) is 0 Å². The van der Waals surface area contributed by atoms with E-state index in [1.54, 1.807) is 19.2 Å². The third-order valence-corrected chi connectivity index (χ3v) is 2.86. The van der Waals surface area contributed by atoms with E-state index in [2.05, 4.69) is 10.2 Å². The van der Waals surface area contributed by atoms with Gasteiger partial charge in [-0.3, -0.25) is 4.79 Å². The number of hydrogen-bond donors (Lipinski definition) is 3. The predicted octanol–water partition coefficient (Wildman–Crippen LogP) is 0.358. The van der Waals surface area contributed by atoms with Crippen molar-refractivity contribution in [2.45, 2.75) is 0 Å². The van der Waals surface area contributed by atoms with E-state index < -0.39 is 5.91 Å². The van der Waals surface area contributed by atoms with Crippen LogP contribution in [-0.4, -0.2) is 51.2 Å². The molecule has 0 aliphatic rings. The van der Waals surface area contributed by atoms with Crippen LogP contribution in [0.3, 0.4) is 0 Å². The van der Waals surface area contributed by atoms with Gasteiger partial charge in [-0.05, 0) is 19.2 Å². The molecule has 0 aliphatic carbocycles. The Hall–Kier alpha value is -1.79. The first-order valence-corrected chi connectivity index (χ1v) is 6.16. The van der Waals surface area contributed by atoms with Crippen LogP contribution in [0.2, 0.25) is 0 Å². The van der Waals surface area contributed by atoms with E-state index in [9.17, 15) is 4.79 Å². The van der Waals surface area contributed by atoms with Crippen molar-refractivity contribution in [2.75, 3.05) is 51.4 Å². The summed E-state index contributed by atoms with van der Waals surface area (Å²) in [5, 5.41) is 3.20. The Balaban J connectivity index is 2.50. The van der Waals surface area contributed by atoms with Gasteiger partial charge in [-0.2, -0.15) is 0 Å². The molecule has 0 bridgehead atoms. The quantitative estimate of drug-likeness (QED) is 0.591. The number of anilines is 2. The number of para-hydroxylation sites is 1. The Morgan fingerprint density at radius 3 is 2.79 bits per heavy atom. The molecule has 0 unspecified atom stereocenters. The number of hydrogen-bond acceptors (Lipinski definition) is 5. The molecule has 6 nitrogen and oxygen atoms in total. The van der Waals surface area contributed by atoms with Crippen LogP contribution in [0.15, 0.2) is 18.2 Å². The lowest BCUT2D eigenvalue weighted by molar-refractivity contribution is 0.100. The lowest BCUT2D eigenvalue weighted by Gasteiger charge is -2.17. The second kappa shape index (κ2) is 7.60. The van der Waals surface area contributed by atoms with E-state index in [1.165, 1.54) is 0 Å². The van der Waals surface area contributed by atoms with E-state index >= 15 is 0 Å². The van der Waals surface area contributed by atoms with Crippen molar-refractivity contribution in [3.05, 3.63) is 23.8 Å². The first-order valence-electron chi connectivity index (χ1n) is 6.16. The molecule has 0 aromatic heterocycles. The Labute approximate surface area is 113 Å². The van der Waals surface area contributed by atoms with Crippen LogP contribution in [0.1, 0.15) is 10.4 Å². The summed E-state index contributed by atoms with van der Waals surface area (Å²) < 4.78 is 5.00. The van der Waals surface area contributed by atoms with E-state index in [0.29, 0.717) is 17.9 Å². The molecular weight excluding hydrogens is 244 g/mol. The predicted molar refractivity (Wildman–Crippen MR) is 77.2 cm³/mol. The number of carbonyl (C=O) groups is 1. The van der Waals surface area contributed by atoms with Crippen molar-refractivity contribution in [1.82, 2.24) is 4.90 Å². The lowest BCUT2D eigenvalue weighted by atomic mass is 10.1. The summed E-state index contributed by atoms with van der Waals surface area (Å²) in [4.78, 5) is 13.3. The van der Waals surface area contributed by atoms with Crippen LogP contribution in [0, 0.1) is 0 Å². The number of amides is 1. The minimum Gasteiger partial charge on any atom is -0.396 e. The number of methoxy groups -OCH3 is 1. The van der Waals surface area contributed by atoms with Gasteiger partial charge >= 0.3 is 0 Å². The molecule has 0 atom stereocenters. The highest BCUT2D eigenvalue weighted by Crippen LogP contribution is 2.21. The summed E-state index contributed by atoms with van der Waals surface area (Å²) in [6, 6.07) is 5.21. The first-order chi connectivity index (χ1) is 9.06. The van der Waals surface area contributed by atoms with Crippen LogP contribution in [0.4, 0.5) is 11.4 Å². The molecule has 106 valence electrons. The maximum absolute atomic E-state index is 11.2. The zero-order chi connectivity index (χ0) is 14.3. The SMILES string of the molecule is COCCN(C)CCNc1cccc(C(N)=O)c1N. The van der Waals surface area contributed by atoms with Gasteiger partial charge in [0.15, 0.2) is 0 Å². The summed E-state index contributed by atoms with van der Waals surface area (Å²) >= 11 is 0. The van der Waals surface area contributed by atoms with E-state index in [0.717, 1.165) is 25.3 Å². The number of nitrogens with zero attached hydrogens (tertiary/aromatic N) is 1. The minimum absolute atomic E-state index is 0.345. The molecule has 0 fully saturated rings. The fraction of sp³-hybridized carbons (Fsp3) is 0.462. The minimum atomic E-state index is -0.515. The number of rotatable bonds is 8. The Morgan fingerprint density at radius 1 is 1.42 bits per heavy atom. The lowest BCUT2D eigenvalue weighted by Crippen LogP contribution is -2.28. The molecule has 6 heteroatoms. The van der Waals surface area contributed by atoms with E-state index in [1.807, 2.05) is 13.1 Å². The number of nitrogens with two attached hydrogens (primary N) is 2. The molecule has 1 aromatic rings. The van der Waals surface area contributed by atoms with Crippen LogP contribution in [-0.2, 0) is 4.74 Å². The fourth-order valence-electron chi connectivity index (χ4n) is 1.67. The van der Waals surface area contributed by atoms with Gasteiger partial charge in [0.2, 0.25) is 0 Å². The normalized spacial score (nSPS) is 10.7. The highest BCUT2D eigenvalue weighted by molar-refractivity contribution is 6.00. The average molecular weight is 266 g/mol. The molecule has 1 aromatic carbocycles. The highest BCUT2D eigenvalue weighted by atomic mass is 16.5. The summed E-state index contributed by atoms with van der Waals surface area (Å²) in [6.45, 7) is 3.15. The molecule has 1 amide bonds. The van der Waals surface area contributed by atoms with Crippen LogP contribution in [0.25, 0.3) is 0 Å². The van der Waals surface area contributed by atoms with Crippen molar-refractivity contribution >= 4 is 17.3 Å². The van der Waals surface area contributed by atoms with Gasteiger partial charge in [0.25, 0.3) is 5.91 Å². The van der Waals surface area contributed by atoms with Gasteiger partial charge < -0.3 is 26.4 Å². The van der Waals surface area contributed by atoms with Gasteiger partial charge in [0.1, 0.15) is 0 Å². The number of nitrogen functional groups attached to an aromatic ring is 1. The van der Waals surface area contributed by atoms with Gasteiger partial charge in [0, 0.05) is 26.7 Å². The molecule has 19 heavy (non-hydrogen) atoms. The Morgan fingerprint density at radius 2 is 2.16 bits per heavy atom. The van der Waals surface area contributed by atoms with Crippen molar-refractivity contribution in [3.63, 3.8) is 0 Å². The molecule has 0 aliphatic heterocycles. The molecule has 0 radical (unpaired) electrons. The number of carbonyl (C=O) groups excluding carboxylic acids is 1. The summed E-state index contributed by atoms with van der Waals surface area (Å²) in [6.07, 6.45) is 0. The van der Waals surface area contributed by atoms with Crippen LogP contribution < -0.4 is 16.8 Å². The molecule has 0 spiro atoms.